The van der Waals surface area contributed by atoms with E-state index in [0.717, 1.165) is 39.9 Å². The zero-order valence-corrected chi connectivity index (χ0v) is 22.7. The summed E-state index contributed by atoms with van der Waals surface area (Å²) >= 11 is 0. The maximum absolute atomic E-state index is 6.29. The van der Waals surface area contributed by atoms with Gasteiger partial charge in [-0.25, -0.2) is 0 Å². The standard InChI is InChI=1S/C38H25N3O/c1-3-11-26(12-4-1)39-24-23-30-32(39)22-20-29-31-25-28(19-21-33(31)41(38(29)30)27-13-5-2-6-14-27)40-34-15-7-9-17-36(34)42-37-18-10-8-16-35(37)40/h1-25H. The van der Waals surface area contributed by atoms with Crippen molar-refractivity contribution >= 4 is 49.8 Å². The molecule has 9 rings (SSSR count). The minimum atomic E-state index is 0.854. The number of hydrogen-bond acceptors (Lipinski definition) is 2. The Labute approximate surface area is 242 Å². The minimum Gasteiger partial charge on any atom is -0.453 e. The van der Waals surface area contributed by atoms with E-state index >= 15 is 0 Å². The summed E-state index contributed by atoms with van der Waals surface area (Å²) in [6, 6.07) is 51.3. The van der Waals surface area contributed by atoms with E-state index in [4.69, 9.17) is 4.74 Å². The summed E-state index contributed by atoms with van der Waals surface area (Å²) in [6.07, 6.45) is 2.18. The molecule has 0 radical (unpaired) electrons. The molecule has 0 amide bonds. The van der Waals surface area contributed by atoms with Gasteiger partial charge < -0.3 is 18.8 Å². The van der Waals surface area contributed by atoms with Crippen molar-refractivity contribution in [3.8, 4) is 22.9 Å². The molecule has 0 spiro atoms. The fourth-order valence-electron chi connectivity index (χ4n) is 6.50. The molecule has 198 valence electrons. The number of nitrogens with zero attached hydrogens (tertiary/aromatic N) is 3. The van der Waals surface area contributed by atoms with Crippen molar-refractivity contribution in [3.05, 3.63) is 152 Å². The molecule has 0 aliphatic carbocycles. The van der Waals surface area contributed by atoms with Gasteiger partial charge in [0.1, 0.15) is 0 Å². The van der Waals surface area contributed by atoms with Crippen LogP contribution in [0, 0.1) is 0 Å². The number of para-hydroxylation sites is 6. The molecular weight excluding hydrogens is 514 g/mol. The SMILES string of the molecule is c1ccc(-n2ccc3c2ccc2c4cc(N5c6ccccc6Oc6ccccc65)ccc4n(-c4ccccc4)c23)cc1. The van der Waals surface area contributed by atoms with Crippen molar-refractivity contribution in [1.82, 2.24) is 9.13 Å². The van der Waals surface area contributed by atoms with Crippen LogP contribution in [0.1, 0.15) is 0 Å². The second kappa shape index (κ2) is 8.88. The van der Waals surface area contributed by atoms with Crippen molar-refractivity contribution in [2.45, 2.75) is 0 Å². The van der Waals surface area contributed by atoms with Crippen LogP contribution in [0.3, 0.4) is 0 Å². The normalized spacial score (nSPS) is 12.4. The fraction of sp³-hybridized carbons (Fsp3) is 0. The summed E-state index contributed by atoms with van der Waals surface area (Å²) < 4.78 is 11.0. The van der Waals surface area contributed by atoms with Crippen LogP contribution in [-0.2, 0) is 0 Å². The van der Waals surface area contributed by atoms with Crippen LogP contribution < -0.4 is 9.64 Å². The molecule has 0 saturated carbocycles. The van der Waals surface area contributed by atoms with Crippen molar-refractivity contribution in [2.75, 3.05) is 4.90 Å². The number of benzene rings is 6. The summed E-state index contributed by atoms with van der Waals surface area (Å²) in [7, 11) is 0. The first kappa shape index (κ1) is 23.0. The highest BCUT2D eigenvalue weighted by Gasteiger charge is 2.26. The maximum atomic E-state index is 6.29. The quantitative estimate of drug-likeness (QED) is 0.223. The third-order valence-electron chi connectivity index (χ3n) is 8.32. The topological polar surface area (TPSA) is 22.3 Å². The Morgan fingerprint density at radius 3 is 1.76 bits per heavy atom. The van der Waals surface area contributed by atoms with E-state index in [1.807, 2.05) is 24.3 Å². The van der Waals surface area contributed by atoms with Crippen LogP contribution in [0.25, 0.3) is 44.1 Å². The molecule has 2 aromatic heterocycles. The first-order chi connectivity index (χ1) is 20.8. The molecule has 0 unspecified atom stereocenters. The fourth-order valence-corrected chi connectivity index (χ4v) is 6.50. The van der Waals surface area contributed by atoms with E-state index in [1.165, 1.54) is 32.7 Å². The van der Waals surface area contributed by atoms with Crippen LogP contribution in [0.4, 0.5) is 17.1 Å². The Hall–Kier alpha value is -5.74. The molecule has 6 aromatic carbocycles. The molecule has 4 nitrogen and oxygen atoms in total. The number of rotatable bonds is 3. The Bertz CT molecular complexity index is 2230. The van der Waals surface area contributed by atoms with E-state index in [-0.39, 0.29) is 0 Å². The van der Waals surface area contributed by atoms with Gasteiger partial charge in [-0.15, -0.1) is 0 Å². The first-order valence-corrected chi connectivity index (χ1v) is 14.2. The number of hydrogen-bond donors (Lipinski definition) is 0. The maximum Gasteiger partial charge on any atom is 0.151 e. The Morgan fingerprint density at radius 1 is 0.429 bits per heavy atom. The van der Waals surface area contributed by atoms with E-state index in [2.05, 4.69) is 142 Å². The van der Waals surface area contributed by atoms with Crippen LogP contribution >= 0.6 is 0 Å². The highest BCUT2D eigenvalue weighted by Crippen LogP contribution is 2.51. The first-order valence-electron chi connectivity index (χ1n) is 14.2. The summed E-state index contributed by atoms with van der Waals surface area (Å²) in [6.45, 7) is 0. The van der Waals surface area contributed by atoms with Crippen LogP contribution in [-0.4, -0.2) is 9.13 Å². The predicted octanol–water partition coefficient (Wildman–Crippen LogP) is 10.3. The summed E-state index contributed by atoms with van der Waals surface area (Å²) in [5, 5.41) is 3.66. The van der Waals surface area contributed by atoms with Gasteiger partial charge in [0.15, 0.2) is 11.5 Å². The summed E-state index contributed by atoms with van der Waals surface area (Å²) in [5.74, 6) is 1.71. The van der Waals surface area contributed by atoms with E-state index < -0.39 is 0 Å². The number of aromatic nitrogens is 2. The smallest absolute Gasteiger partial charge is 0.151 e. The van der Waals surface area contributed by atoms with Gasteiger partial charge in [-0.1, -0.05) is 66.7 Å². The van der Waals surface area contributed by atoms with Gasteiger partial charge in [-0.05, 0) is 78.9 Å². The molecule has 4 heteroatoms. The zero-order valence-electron chi connectivity index (χ0n) is 22.7. The van der Waals surface area contributed by atoms with E-state index in [9.17, 15) is 0 Å². The van der Waals surface area contributed by atoms with E-state index in [0.29, 0.717) is 0 Å². The minimum absolute atomic E-state index is 0.854. The lowest BCUT2D eigenvalue weighted by molar-refractivity contribution is 0.477. The zero-order chi connectivity index (χ0) is 27.6. The molecule has 3 heterocycles. The number of anilines is 3. The molecule has 0 saturated heterocycles. The second-order valence-electron chi connectivity index (χ2n) is 10.7. The van der Waals surface area contributed by atoms with Crippen molar-refractivity contribution < 1.29 is 4.74 Å². The molecule has 0 atom stereocenters. The predicted molar refractivity (Wildman–Crippen MR) is 172 cm³/mol. The molecule has 8 aromatic rings. The molecule has 0 fully saturated rings. The van der Waals surface area contributed by atoms with Crippen molar-refractivity contribution in [2.24, 2.45) is 0 Å². The average molecular weight is 540 g/mol. The molecule has 0 N–H and O–H groups in total. The molecular formula is C38H25N3O. The van der Waals surface area contributed by atoms with Crippen LogP contribution in [0.15, 0.2) is 152 Å². The lowest BCUT2D eigenvalue weighted by atomic mass is 10.1. The molecule has 42 heavy (non-hydrogen) atoms. The van der Waals surface area contributed by atoms with Gasteiger partial charge >= 0.3 is 0 Å². The summed E-state index contributed by atoms with van der Waals surface area (Å²) in [4.78, 5) is 2.31. The van der Waals surface area contributed by atoms with Gasteiger partial charge in [-0.3, -0.25) is 0 Å². The highest BCUT2D eigenvalue weighted by molar-refractivity contribution is 6.19. The van der Waals surface area contributed by atoms with Crippen molar-refractivity contribution in [1.29, 1.82) is 0 Å². The van der Waals surface area contributed by atoms with Gasteiger partial charge in [0.25, 0.3) is 0 Å². The third kappa shape index (κ3) is 3.29. The lowest BCUT2D eigenvalue weighted by Crippen LogP contribution is -2.15. The lowest BCUT2D eigenvalue weighted by Gasteiger charge is -2.32. The largest absolute Gasteiger partial charge is 0.453 e. The van der Waals surface area contributed by atoms with Gasteiger partial charge in [0.05, 0.1) is 27.9 Å². The molecule has 0 bridgehead atoms. The monoisotopic (exact) mass is 539 g/mol. The van der Waals surface area contributed by atoms with Crippen LogP contribution in [0.2, 0.25) is 0 Å². The second-order valence-corrected chi connectivity index (χ2v) is 10.7. The van der Waals surface area contributed by atoms with E-state index in [1.54, 1.807) is 0 Å². The Kier molecular flexibility index (Phi) is 4.87. The molecule has 1 aliphatic heterocycles. The number of fused-ring (bicyclic) bond motifs is 7. The van der Waals surface area contributed by atoms with Gasteiger partial charge in [0.2, 0.25) is 0 Å². The third-order valence-corrected chi connectivity index (χ3v) is 8.32. The van der Waals surface area contributed by atoms with Gasteiger partial charge in [-0.2, -0.15) is 0 Å². The number of ether oxygens (including phenoxy) is 1. The summed E-state index contributed by atoms with van der Waals surface area (Å²) in [5.41, 5.74) is 9.03. The van der Waals surface area contributed by atoms with Gasteiger partial charge in [0, 0.05) is 39.4 Å². The molecule has 1 aliphatic rings. The average Bonchev–Trinajstić information content (AvgIpc) is 3.63. The van der Waals surface area contributed by atoms with Crippen molar-refractivity contribution in [3.63, 3.8) is 0 Å². The highest BCUT2D eigenvalue weighted by atomic mass is 16.5. The van der Waals surface area contributed by atoms with Crippen LogP contribution in [0.5, 0.6) is 11.5 Å². The Morgan fingerprint density at radius 2 is 1.05 bits per heavy atom. The Balaban J connectivity index is 1.34.